The van der Waals surface area contributed by atoms with Gasteiger partial charge in [0.05, 0.1) is 11.6 Å². The predicted molar refractivity (Wildman–Crippen MR) is 62.9 cm³/mol. The van der Waals surface area contributed by atoms with Gasteiger partial charge in [-0.05, 0) is 18.2 Å². The van der Waals surface area contributed by atoms with Gasteiger partial charge in [-0.25, -0.2) is 0 Å². The molecule has 5 nitrogen and oxygen atoms in total. The smallest absolute Gasteiger partial charge is 0.282 e. The summed E-state index contributed by atoms with van der Waals surface area (Å²) in [5, 5.41) is 8.26. The van der Waals surface area contributed by atoms with E-state index in [0.29, 0.717) is 11.0 Å². The van der Waals surface area contributed by atoms with Gasteiger partial charge in [0.15, 0.2) is 5.65 Å². The molecule has 0 fully saturated rings. The average molecular weight is 224 g/mol. The number of rotatable bonds is 1. The molecule has 0 bridgehead atoms. The highest BCUT2D eigenvalue weighted by atomic mass is 16.1. The van der Waals surface area contributed by atoms with Crippen molar-refractivity contribution in [2.45, 2.75) is 0 Å². The van der Waals surface area contributed by atoms with Crippen LogP contribution in [0.15, 0.2) is 53.7 Å². The van der Waals surface area contributed by atoms with Crippen LogP contribution in [0.1, 0.15) is 0 Å². The molecule has 0 saturated heterocycles. The standard InChI is InChI=1S/C12H8N4O/c17-12-10-6-7-14-15-11(10)16(8-13-12)9-4-2-1-3-5-9/h1-8H. The van der Waals surface area contributed by atoms with Crippen LogP contribution in [0.3, 0.4) is 0 Å². The van der Waals surface area contributed by atoms with E-state index in [9.17, 15) is 4.79 Å². The molecule has 0 unspecified atom stereocenters. The average Bonchev–Trinajstić information content (AvgIpc) is 2.41. The largest absolute Gasteiger partial charge is 0.283 e. The summed E-state index contributed by atoms with van der Waals surface area (Å²) in [6.07, 6.45) is 2.95. The number of hydrogen-bond acceptors (Lipinski definition) is 4. The summed E-state index contributed by atoms with van der Waals surface area (Å²) >= 11 is 0. The molecule has 0 amide bonds. The Morgan fingerprint density at radius 1 is 1.06 bits per heavy atom. The summed E-state index contributed by atoms with van der Waals surface area (Å²) in [4.78, 5) is 15.4. The molecule has 0 spiro atoms. The summed E-state index contributed by atoms with van der Waals surface area (Å²) < 4.78 is 1.74. The fraction of sp³-hybridized carbons (Fsp3) is 0. The monoisotopic (exact) mass is 224 g/mol. The van der Waals surface area contributed by atoms with Crippen molar-refractivity contribution in [1.82, 2.24) is 19.7 Å². The summed E-state index contributed by atoms with van der Waals surface area (Å²) in [5.41, 5.74) is 1.12. The molecule has 17 heavy (non-hydrogen) atoms. The fourth-order valence-corrected chi connectivity index (χ4v) is 1.68. The number of nitrogens with zero attached hydrogens (tertiary/aromatic N) is 4. The molecule has 5 heteroatoms. The minimum absolute atomic E-state index is 0.290. The number of benzene rings is 1. The molecular weight excluding hydrogens is 216 g/mol. The third kappa shape index (κ3) is 1.57. The van der Waals surface area contributed by atoms with Crippen molar-refractivity contribution in [2.24, 2.45) is 0 Å². The van der Waals surface area contributed by atoms with Crippen LogP contribution < -0.4 is 5.56 Å². The Morgan fingerprint density at radius 2 is 1.88 bits per heavy atom. The molecule has 1 aromatic carbocycles. The highest BCUT2D eigenvalue weighted by Crippen LogP contribution is 2.11. The van der Waals surface area contributed by atoms with E-state index in [1.165, 1.54) is 12.5 Å². The fourth-order valence-electron chi connectivity index (χ4n) is 1.68. The lowest BCUT2D eigenvalue weighted by molar-refractivity contribution is 0.947. The predicted octanol–water partition coefficient (Wildman–Crippen LogP) is 1.18. The first-order chi connectivity index (χ1) is 8.36. The Hall–Kier alpha value is -2.56. The quantitative estimate of drug-likeness (QED) is 0.622. The van der Waals surface area contributed by atoms with Gasteiger partial charge in [0, 0.05) is 5.69 Å². The van der Waals surface area contributed by atoms with Gasteiger partial charge in [-0.15, -0.1) is 5.10 Å². The van der Waals surface area contributed by atoms with Crippen molar-refractivity contribution in [3.05, 3.63) is 59.3 Å². The Morgan fingerprint density at radius 3 is 2.71 bits per heavy atom. The van der Waals surface area contributed by atoms with Crippen LogP contribution in [0.5, 0.6) is 0 Å². The van der Waals surface area contributed by atoms with Gasteiger partial charge < -0.3 is 0 Å². The summed E-state index contributed by atoms with van der Waals surface area (Å²) in [6.45, 7) is 0. The van der Waals surface area contributed by atoms with Gasteiger partial charge in [0.2, 0.25) is 0 Å². The molecule has 0 N–H and O–H groups in total. The number of para-hydroxylation sites is 1. The maximum Gasteiger partial charge on any atom is 0.282 e. The van der Waals surface area contributed by atoms with E-state index in [1.807, 2.05) is 30.3 Å². The Kier molecular flexibility index (Phi) is 2.15. The minimum atomic E-state index is -0.290. The van der Waals surface area contributed by atoms with Gasteiger partial charge in [-0.1, -0.05) is 18.2 Å². The van der Waals surface area contributed by atoms with Crippen molar-refractivity contribution in [2.75, 3.05) is 0 Å². The molecule has 3 aromatic rings. The Balaban J connectivity index is 2.39. The van der Waals surface area contributed by atoms with Crippen molar-refractivity contribution in [1.29, 1.82) is 0 Å². The van der Waals surface area contributed by atoms with Gasteiger partial charge in [0.25, 0.3) is 5.56 Å². The molecule has 82 valence electrons. The highest BCUT2D eigenvalue weighted by Gasteiger charge is 2.05. The third-order valence-corrected chi connectivity index (χ3v) is 2.48. The summed E-state index contributed by atoms with van der Waals surface area (Å²) in [7, 11) is 0. The topological polar surface area (TPSA) is 60.7 Å². The molecule has 0 atom stereocenters. The van der Waals surface area contributed by atoms with Crippen LogP contribution >= 0.6 is 0 Å². The molecule has 3 rings (SSSR count). The van der Waals surface area contributed by atoms with Gasteiger partial charge in [-0.2, -0.15) is 10.1 Å². The van der Waals surface area contributed by atoms with E-state index in [4.69, 9.17) is 0 Å². The van der Waals surface area contributed by atoms with Gasteiger partial charge >= 0.3 is 0 Å². The lowest BCUT2D eigenvalue weighted by atomic mass is 10.3. The second kappa shape index (κ2) is 3.79. The van der Waals surface area contributed by atoms with Crippen LogP contribution in [-0.4, -0.2) is 19.7 Å². The van der Waals surface area contributed by atoms with E-state index in [-0.39, 0.29) is 5.56 Å². The number of hydrogen-bond donors (Lipinski definition) is 0. The summed E-state index contributed by atoms with van der Waals surface area (Å²) in [5.74, 6) is 0. The zero-order valence-corrected chi connectivity index (χ0v) is 8.82. The van der Waals surface area contributed by atoms with Crippen LogP contribution in [0.2, 0.25) is 0 Å². The zero-order valence-electron chi connectivity index (χ0n) is 8.82. The maximum absolute atomic E-state index is 11.6. The Labute approximate surface area is 96.4 Å². The highest BCUT2D eigenvalue weighted by molar-refractivity contribution is 5.74. The van der Waals surface area contributed by atoms with Crippen molar-refractivity contribution in [3.8, 4) is 5.69 Å². The van der Waals surface area contributed by atoms with Crippen molar-refractivity contribution >= 4 is 11.0 Å². The van der Waals surface area contributed by atoms with E-state index in [1.54, 1.807) is 10.6 Å². The lowest BCUT2D eigenvalue weighted by Gasteiger charge is -2.07. The lowest BCUT2D eigenvalue weighted by Crippen LogP contribution is -2.12. The van der Waals surface area contributed by atoms with E-state index in [0.717, 1.165) is 5.69 Å². The van der Waals surface area contributed by atoms with Crippen molar-refractivity contribution in [3.63, 3.8) is 0 Å². The van der Waals surface area contributed by atoms with Crippen LogP contribution in [0, 0.1) is 0 Å². The molecule has 0 saturated carbocycles. The first-order valence-electron chi connectivity index (χ1n) is 5.11. The molecule has 0 aliphatic rings. The zero-order chi connectivity index (χ0) is 11.7. The van der Waals surface area contributed by atoms with Crippen molar-refractivity contribution < 1.29 is 0 Å². The molecule has 2 aromatic heterocycles. The SMILES string of the molecule is O=c1ncn(-c2ccccc2)c2nnccc12. The second-order valence-electron chi connectivity index (χ2n) is 3.52. The van der Waals surface area contributed by atoms with E-state index < -0.39 is 0 Å². The summed E-state index contributed by atoms with van der Waals surface area (Å²) in [6, 6.07) is 11.2. The third-order valence-electron chi connectivity index (χ3n) is 2.48. The second-order valence-corrected chi connectivity index (χ2v) is 3.52. The molecule has 0 aliphatic carbocycles. The van der Waals surface area contributed by atoms with Gasteiger partial charge in [-0.3, -0.25) is 9.36 Å². The number of fused-ring (bicyclic) bond motifs is 1. The molecule has 2 heterocycles. The van der Waals surface area contributed by atoms with Crippen LogP contribution in [0.25, 0.3) is 16.7 Å². The van der Waals surface area contributed by atoms with E-state index in [2.05, 4.69) is 15.2 Å². The molecular formula is C12H8N4O. The molecule has 0 aliphatic heterocycles. The normalized spacial score (nSPS) is 10.6. The minimum Gasteiger partial charge on any atom is -0.283 e. The number of aromatic nitrogens is 4. The van der Waals surface area contributed by atoms with E-state index >= 15 is 0 Å². The first-order valence-corrected chi connectivity index (χ1v) is 5.11. The molecule has 0 radical (unpaired) electrons. The van der Waals surface area contributed by atoms with Crippen LogP contribution in [0.4, 0.5) is 0 Å². The Bertz CT molecular complexity index is 721. The van der Waals surface area contributed by atoms with Gasteiger partial charge in [0.1, 0.15) is 6.33 Å². The van der Waals surface area contributed by atoms with Crippen LogP contribution in [-0.2, 0) is 0 Å². The first kappa shape index (κ1) is 9.65. The maximum atomic E-state index is 11.6.